The van der Waals surface area contributed by atoms with Gasteiger partial charge in [0.25, 0.3) is 0 Å². The van der Waals surface area contributed by atoms with Gasteiger partial charge in [-0.2, -0.15) is 0 Å². The van der Waals surface area contributed by atoms with Gasteiger partial charge < -0.3 is 0 Å². The number of aliphatic imine (C=N–C) groups is 1. The predicted octanol–water partition coefficient (Wildman–Crippen LogP) is 3.42. The molecule has 3 nitrogen and oxygen atoms in total. The molecule has 1 aliphatic heterocycles. The minimum absolute atomic E-state index is 0.0764. The highest BCUT2D eigenvalue weighted by Gasteiger charge is 2.47. The van der Waals surface area contributed by atoms with Crippen LogP contribution < -0.4 is 5.32 Å². The number of hydrogen-bond acceptors (Lipinski definition) is 4. The van der Waals surface area contributed by atoms with E-state index in [0.717, 1.165) is 11.4 Å². The number of aromatic nitrogens is 1. The van der Waals surface area contributed by atoms with Gasteiger partial charge in [-0.1, -0.05) is 26.8 Å². The van der Waals surface area contributed by atoms with Crippen molar-refractivity contribution in [1.29, 1.82) is 0 Å². The highest BCUT2D eigenvalue weighted by Crippen LogP contribution is 2.38. The highest BCUT2D eigenvalue weighted by molar-refractivity contribution is 8.14. The molecule has 2 atom stereocenters. The van der Waals surface area contributed by atoms with E-state index in [1.165, 1.54) is 5.04 Å². The van der Waals surface area contributed by atoms with Gasteiger partial charge in [0.15, 0.2) is 5.66 Å². The van der Waals surface area contributed by atoms with E-state index < -0.39 is 5.66 Å². The molecule has 2 rings (SSSR count). The van der Waals surface area contributed by atoms with Crippen LogP contribution in [0.25, 0.3) is 0 Å². The van der Waals surface area contributed by atoms with Crippen molar-refractivity contribution >= 4 is 16.8 Å². The first-order valence-electron chi connectivity index (χ1n) is 6.86. The Morgan fingerprint density at radius 2 is 2.05 bits per heavy atom. The average Bonchev–Trinajstić information content (AvgIpc) is 2.65. The lowest BCUT2D eigenvalue weighted by Crippen LogP contribution is -2.53. The van der Waals surface area contributed by atoms with E-state index in [4.69, 9.17) is 4.99 Å². The van der Waals surface area contributed by atoms with Gasteiger partial charge in [0.1, 0.15) is 0 Å². The maximum absolute atomic E-state index is 4.96. The largest absolute Gasteiger partial charge is 0.277 e. The summed E-state index contributed by atoms with van der Waals surface area (Å²) in [4.78, 5) is 9.43. The van der Waals surface area contributed by atoms with E-state index in [9.17, 15) is 0 Å². The highest BCUT2D eigenvalue weighted by atomic mass is 32.2. The summed E-state index contributed by atoms with van der Waals surface area (Å²) in [6, 6.07) is 5.99. The first-order chi connectivity index (χ1) is 8.92. The zero-order chi connectivity index (χ0) is 14.1. The molecule has 0 amide bonds. The van der Waals surface area contributed by atoms with Crippen LogP contribution in [0.15, 0.2) is 29.4 Å². The van der Waals surface area contributed by atoms with Crippen molar-refractivity contribution in [2.75, 3.05) is 5.75 Å². The Kier molecular flexibility index (Phi) is 4.02. The fourth-order valence-electron chi connectivity index (χ4n) is 2.39. The molecule has 1 aromatic heterocycles. The number of nitrogens with zero attached hydrogens (tertiary/aromatic N) is 2. The number of pyridine rings is 1. The first kappa shape index (κ1) is 14.5. The summed E-state index contributed by atoms with van der Waals surface area (Å²) in [6.07, 6.45) is 1.83. The van der Waals surface area contributed by atoms with Gasteiger partial charge in [-0.3, -0.25) is 15.3 Å². The second-order valence-electron chi connectivity index (χ2n) is 5.62. The molecule has 0 saturated carbocycles. The fraction of sp³-hybridized carbons (Fsp3) is 0.600. The van der Waals surface area contributed by atoms with Crippen molar-refractivity contribution in [2.24, 2.45) is 10.9 Å². The standard InChI is InChI=1S/C15H23N3S/c1-6-19-13-14(4,11(2)3)18-15(5,17-13)12-9-7-8-10-16-12/h7-11,18H,6H2,1-5H3/t14-,15?/m0/s1. The van der Waals surface area contributed by atoms with Crippen LogP contribution in [0.4, 0.5) is 0 Å². The molecular formula is C15H23N3S. The summed E-state index contributed by atoms with van der Waals surface area (Å²) < 4.78 is 0. The van der Waals surface area contributed by atoms with Gasteiger partial charge >= 0.3 is 0 Å². The number of nitrogens with one attached hydrogen (secondary N) is 1. The number of thioether (sulfide) groups is 1. The maximum atomic E-state index is 4.96. The Balaban J connectivity index is 2.41. The molecule has 0 aliphatic carbocycles. The molecule has 1 unspecified atom stereocenters. The first-order valence-corrected chi connectivity index (χ1v) is 7.85. The average molecular weight is 277 g/mol. The summed E-state index contributed by atoms with van der Waals surface area (Å²) in [7, 11) is 0. The van der Waals surface area contributed by atoms with Gasteiger partial charge in [-0.05, 0) is 37.7 Å². The lowest BCUT2D eigenvalue weighted by molar-refractivity contribution is 0.278. The fourth-order valence-corrected chi connectivity index (χ4v) is 3.50. The molecular weight excluding hydrogens is 254 g/mol. The van der Waals surface area contributed by atoms with Crippen LogP contribution in [0.1, 0.15) is 40.3 Å². The monoisotopic (exact) mass is 277 g/mol. The van der Waals surface area contributed by atoms with Crippen LogP contribution in [0.5, 0.6) is 0 Å². The molecule has 1 N–H and O–H groups in total. The quantitative estimate of drug-likeness (QED) is 0.920. The molecule has 1 aromatic rings. The van der Waals surface area contributed by atoms with Crippen molar-refractivity contribution in [3.05, 3.63) is 30.1 Å². The normalized spacial score (nSPS) is 30.7. The number of hydrogen-bond donors (Lipinski definition) is 1. The lowest BCUT2D eigenvalue weighted by Gasteiger charge is -2.34. The van der Waals surface area contributed by atoms with Crippen molar-refractivity contribution in [3.63, 3.8) is 0 Å². The van der Waals surface area contributed by atoms with Gasteiger partial charge in [-0.15, -0.1) is 11.8 Å². The van der Waals surface area contributed by atoms with Crippen molar-refractivity contribution in [3.8, 4) is 0 Å². The van der Waals surface area contributed by atoms with Crippen LogP contribution in [0.3, 0.4) is 0 Å². The SMILES string of the molecule is CCSC1=NC(C)(c2ccccn2)N[C@@]1(C)C(C)C. The minimum Gasteiger partial charge on any atom is -0.277 e. The van der Waals surface area contributed by atoms with E-state index >= 15 is 0 Å². The second kappa shape index (κ2) is 5.25. The Labute approximate surface area is 120 Å². The van der Waals surface area contributed by atoms with E-state index in [1.807, 2.05) is 36.2 Å². The topological polar surface area (TPSA) is 37.3 Å². The molecule has 0 saturated heterocycles. The van der Waals surface area contributed by atoms with E-state index in [1.54, 1.807) is 0 Å². The molecule has 0 spiro atoms. The van der Waals surface area contributed by atoms with Gasteiger partial charge in [0.2, 0.25) is 0 Å². The maximum Gasteiger partial charge on any atom is 0.152 e. The van der Waals surface area contributed by atoms with E-state index in [0.29, 0.717) is 5.92 Å². The Morgan fingerprint density at radius 1 is 1.32 bits per heavy atom. The Hall–Kier alpha value is -0.870. The smallest absolute Gasteiger partial charge is 0.152 e. The van der Waals surface area contributed by atoms with Crippen molar-refractivity contribution in [2.45, 2.75) is 45.8 Å². The van der Waals surface area contributed by atoms with Crippen LogP contribution in [0.2, 0.25) is 0 Å². The van der Waals surface area contributed by atoms with Crippen LogP contribution in [-0.4, -0.2) is 21.3 Å². The molecule has 0 aromatic carbocycles. The van der Waals surface area contributed by atoms with Gasteiger partial charge in [-0.25, -0.2) is 0 Å². The molecule has 104 valence electrons. The number of rotatable bonds is 3. The second-order valence-corrected chi connectivity index (χ2v) is 6.87. The summed E-state index contributed by atoms with van der Waals surface area (Å²) in [5.41, 5.74) is 0.485. The van der Waals surface area contributed by atoms with Gasteiger partial charge in [0, 0.05) is 6.20 Å². The minimum atomic E-state index is -0.419. The zero-order valence-corrected chi connectivity index (χ0v) is 13.2. The lowest BCUT2D eigenvalue weighted by atomic mass is 9.89. The van der Waals surface area contributed by atoms with Crippen LogP contribution in [0, 0.1) is 5.92 Å². The molecule has 0 radical (unpaired) electrons. The summed E-state index contributed by atoms with van der Waals surface area (Å²) in [6.45, 7) is 11.0. The molecule has 2 heterocycles. The van der Waals surface area contributed by atoms with Crippen molar-refractivity contribution in [1.82, 2.24) is 10.3 Å². The summed E-state index contributed by atoms with van der Waals surface area (Å²) in [5.74, 6) is 1.53. The Morgan fingerprint density at radius 3 is 2.58 bits per heavy atom. The van der Waals surface area contributed by atoms with Crippen LogP contribution in [-0.2, 0) is 5.66 Å². The molecule has 4 heteroatoms. The Bertz CT molecular complexity index is 472. The zero-order valence-electron chi connectivity index (χ0n) is 12.4. The van der Waals surface area contributed by atoms with E-state index in [-0.39, 0.29) is 5.54 Å². The van der Waals surface area contributed by atoms with Crippen molar-refractivity contribution < 1.29 is 0 Å². The third-order valence-electron chi connectivity index (χ3n) is 3.87. The van der Waals surface area contributed by atoms with Crippen LogP contribution >= 0.6 is 11.8 Å². The third-order valence-corrected chi connectivity index (χ3v) is 4.95. The van der Waals surface area contributed by atoms with Gasteiger partial charge in [0.05, 0.1) is 16.3 Å². The van der Waals surface area contributed by atoms with E-state index in [2.05, 4.69) is 44.9 Å². The third kappa shape index (κ3) is 2.56. The molecule has 1 aliphatic rings. The summed E-state index contributed by atoms with van der Waals surface area (Å²) >= 11 is 1.83. The molecule has 19 heavy (non-hydrogen) atoms. The predicted molar refractivity (Wildman–Crippen MR) is 83.5 cm³/mol. The summed E-state index contributed by atoms with van der Waals surface area (Å²) in [5, 5.41) is 4.90. The molecule has 0 fully saturated rings. The molecule has 0 bridgehead atoms.